The van der Waals surface area contributed by atoms with Gasteiger partial charge in [-0.05, 0) is 25.0 Å². The van der Waals surface area contributed by atoms with Gasteiger partial charge in [0.25, 0.3) is 0 Å². The van der Waals surface area contributed by atoms with Crippen LogP contribution < -0.4 is 9.47 Å². The van der Waals surface area contributed by atoms with Crippen molar-refractivity contribution in [3.63, 3.8) is 0 Å². The molecule has 0 radical (unpaired) electrons. The number of benzene rings is 2. The van der Waals surface area contributed by atoms with Crippen molar-refractivity contribution in [1.82, 2.24) is 0 Å². The number of carbonyl (C=O) groups is 4. The van der Waals surface area contributed by atoms with Gasteiger partial charge in [-0.1, -0.05) is 89.5 Å². The molecule has 0 spiro atoms. The van der Waals surface area contributed by atoms with Crippen molar-refractivity contribution >= 4 is 23.9 Å². The molecule has 0 saturated carbocycles. The van der Waals surface area contributed by atoms with Gasteiger partial charge >= 0.3 is 12.3 Å². The fourth-order valence-corrected chi connectivity index (χ4v) is 4.31. The molecule has 0 N–H and O–H groups in total. The number of carbonyl (C=O) groups excluding carboxylic acids is 4. The van der Waals surface area contributed by atoms with E-state index in [1.54, 1.807) is 0 Å². The average molecular weight is 525 g/mol. The van der Waals surface area contributed by atoms with Gasteiger partial charge in [0.2, 0.25) is 5.78 Å². The number of unbranched alkanes of at least 4 members (excludes halogenated alkanes) is 8. The maximum Gasteiger partial charge on any atom is 0.513 e. The molecule has 8 heteroatoms. The van der Waals surface area contributed by atoms with Gasteiger partial charge in [-0.2, -0.15) is 0 Å². The van der Waals surface area contributed by atoms with E-state index in [1.165, 1.54) is 36.4 Å². The van der Waals surface area contributed by atoms with Gasteiger partial charge in [-0.25, -0.2) is 9.59 Å². The molecule has 0 unspecified atom stereocenters. The molecular weight excluding hydrogens is 488 g/mol. The minimum atomic E-state index is -0.952. The number of rotatable bonds is 14. The summed E-state index contributed by atoms with van der Waals surface area (Å²) in [7, 11) is 0. The molecular formula is C30H36O8. The first-order valence-electron chi connectivity index (χ1n) is 13.5. The highest BCUT2D eigenvalue weighted by Gasteiger charge is 2.36. The Morgan fingerprint density at radius 1 is 0.579 bits per heavy atom. The van der Waals surface area contributed by atoms with Crippen LogP contribution in [-0.4, -0.2) is 37.1 Å². The monoisotopic (exact) mass is 524 g/mol. The Kier molecular flexibility index (Phi) is 11.3. The highest BCUT2D eigenvalue weighted by atomic mass is 16.7. The van der Waals surface area contributed by atoms with E-state index in [0.717, 1.165) is 51.4 Å². The first-order chi connectivity index (χ1) is 18.5. The SMILES string of the molecule is CCCCCCCOC(=O)Oc1cccc2c1C(=O)c1c(OC(=O)OCCCCCCC)cccc1C2=O. The van der Waals surface area contributed by atoms with E-state index in [4.69, 9.17) is 18.9 Å². The van der Waals surface area contributed by atoms with Crippen molar-refractivity contribution in [3.05, 3.63) is 58.7 Å². The van der Waals surface area contributed by atoms with Gasteiger partial charge in [0, 0.05) is 11.1 Å². The maximum absolute atomic E-state index is 13.6. The summed E-state index contributed by atoms with van der Waals surface area (Å²) in [5.74, 6) is -1.22. The second-order valence-corrected chi connectivity index (χ2v) is 9.25. The average Bonchev–Trinajstić information content (AvgIpc) is 2.91. The minimum Gasteiger partial charge on any atom is -0.434 e. The van der Waals surface area contributed by atoms with Crippen LogP contribution in [0.15, 0.2) is 36.4 Å². The van der Waals surface area contributed by atoms with Gasteiger partial charge in [-0.3, -0.25) is 9.59 Å². The van der Waals surface area contributed by atoms with Crippen LogP contribution in [0.5, 0.6) is 11.5 Å². The zero-order valence-corrected chi connectivity index (χ0v) is 22.2. The van der Waals surface area contributed by atoms with Crippen LogP contribution >= 0.6 is 0 Å². The van der Waals surface area contributed by atoms with Gasteiger partial charge in [0.15, 0.2) is 5.78 Å². The van der Waals surface area contributed by atoms with E-state index in [1.807, 2.05) is 0 Å². The Morgan fingerprint density at radius 3 is 1.42 bits per heavy atom. The van der Waals surface area contributed by atoms with Crippen LogP contribution in [0.4, 0.5) is 9.59 Å². The lowest BCUT2D eigenvalue weighted by atomic mass is 9.83. The van der Waals surface area contributed by atoms with E-state index >= 15 is 0 Å². The molecule has 204 valence electrons. The van der Waals surface area contributed by atoms with Crippen molar-refractivity contribution in [3.8, 4) is 11.5 Å². The lowest BCUT2D eigenvalue weighted by Gasteiger charge is -2.21. The van der Waals surface area contributed by atoms with Crippen LogP contribution in [0, 0.1) is 0 Å². The number of ketones is 2. The van der Waals surface area contributed by atoms with Gasteiger partial charge in [0.05, 0.1) is 24.3 Å². The molecule has 38 heavy (non-hydrogen) atoms. The molecule has 0 atom stereocenters. The Hall–Kier alpha value is -3.68. The summed E-state index contributed by atoms with van der Waals surface area (Å²) in [6.07, 6.45) is 8.01. The van der Waals surface area contributed by atoms with Gasteiger partial charge in [0.1, 0.15) is 11.5 Å². The smallest absolute Gasteiger partial charge is 0.434 e. The summed E-state index contributed by atoms with van der Waals surface area (Å²) < 4.78 is 20.9. The molecule has 0 aliphatic heterocycles. The largest absolute Gasteiger partial charge is 0.513 e. The lowest BCUT2D eigenvalue weighted by Crippen LogP contribution is -2.24. The summed E-state index contributed by atoms with van der Waals surface area (Å²) in [5, 5.41) is 0. The van der Waals surface area contributed by atoms with Crippen LogP contribution in [0.3, 0.4) is 0 Å². The molecule has 8 nitrogen and oxygen atoms in total. The van der Waals surface area contributed by atoms with Crippen molar-refractivity contribution in [2.75, 3.05) is 13.2 Å². The zero-order valence-electron chi connectivity index (χ0n) is 22.2. The van der Waals surface area contributed by atoms with Crippen LogP contribution in [0.2, 0.25) is 0 Å². The lowest BCUT2D eigenvalue weighted by molar-refractivity contribution is 0.0921. The molecule has 0 heterocycles. The van der Waals surface area contributed by atoms with Gasteiger partial charge < -0.3 is 18.9 Å². The van der Waals surface area contributed by atoms with E-state index in [2.05, 4.69) is 13.8 Å². The van der Waals surface area contributed by atoms with Crippen molar-refractivity contribution in [1.29, 1.82) is 0 Å². The summed E-state index contributed by atoms with van der Waals surface area (Å²) in [6.45, 7) is 4.64. The molecule has 2 aromatic rings. The normalized spacial score (nSPS) is 11.9. The topological polar surface area (TPSA) is 105 Å². The fraction of sp³-hybridized carbons (Fsp3) is 0.467. The summed E-state index contributed by atoms with van der Waals surface area (Å²) in [4.78, 5) is 51.4. The van der Waals surface area contributed by atoms with Crippen molar-refractivity contribution in [2.24, 2.45) is 0 Å². The number of hydrogen-bond acceptors (Lipinski definition) is 8. The first kappa shape index (κ1) is 28.9. The Morgan fingerprint density at radius 2 is 1.00 bits per heavy atom. The fourth-order valence-electron chi connectivity index (χ4n) is 4.31. The Labute approximate surface area is 223 Å². The van der Waals surface area contributed by atoms with E-state index < -0.39 is 23.9 Å². The third-order valence-corrected chi connectivity index (χ3v) is 6.32. The number of ether oxygens (including phenoxy) is 4. The summed E-state index contributed by atoms with van der Waals surface area (Å²) in [6, 6.07) is 8.89. The van der Waals surface area contributed by atoms with Crippen molar-refractivity contribution < 1.29 is 38.1 Å². The quantitative estimate of drug-likeness (QED) is 0.122. The Balaban J connectivity index is 1.70. The highest BCUT2D eigenvalue weighted by Crippen LogP contribution is 2.37. The summed E-state index contributed by atoms with van der Waals surface area (Å²) >= 11 is 0. The van der Waals surface area contributed by atoms with E-state index in [-0.39, 0.29) is 47.0 Å². The molecule has 2 aromatic carbocycles. The Bertz CT molecular complexity index is 1050. The molecule has 0 saturated heterocycles. The molecule has 0 bridgehead atoms. The number of hydrogen-bond donors (Lipinski definition) is 0. The third-order valence-electron chi connectivity index (χ3n) is 6.32. The van der Waals surface area contributed by atoms with Gasteiger partial charge in [-0.15, -0.1) is 0 Å². The molecule has 0 fully saturated rings. The maximum atomic E-state index is 13.6. The third kappa shape index (κ3) is 7.66. The van der Waals surface area contributed by atoms with Crippen LogP contribution in [0.25, 0.3) is 0 Å². The minimum absolute atomic E-state index is 0.0785. The predicted molar refractivity (Wildman–Crippen MR) is 141 cm³/mol. The second kappa shape index (κ2) is 14.9. The predicted octanol–water partition coefficient (Wildman–Crippen LogP) is 7.43. The van der Waals surface area contributed by atoms with E-state index in [0.29, 0.717) is 12.8 Å². The molecule has 1 aliphatic rings. The number of fused-ring (bicyclic) bond motifs is 2. The standard InChI is InChI=1S/C30H36O8/c1-3-5-7-9-11-19-35-29(33)37-23-17-13-15-21-25(23)28(32)26-22(27(21)31)16-14-18-24(26)38-30(34)36-20-12-10-8-6-4-2/h13-18H,3-12,19-20H2,1-2H3. The second-order valence-electron chi connectivity index (χ2n) is 9.25. The van der Waals surface area contributed by atoms with Crippen molar-refractivity contribution in [2.45, 2.75) is 78.1 Å². The first-order valence-corrected chi connectivity index (χ1v) is 13.5. The molecule has 0 amide bonds. The highest BCUT2D eigenvalue weighted by molar-refractivity contribution is 6.30. The van der Waals surface area contributed by atoms with Crippen LogP contribution in [0.1, 0.15) is 110 Å². The molecule has 0 aromatic heterocycles. The zero-order chi connectivity index (χ0) is 27.3. The molecule has 3 rings (SSSR count). The van der Waals surface area contributed by atoms with Crippen LogP contribution in [-0.2, 0) is 9.47 Å². The van der Waals surface area contributed by atoms with E-state index in [9.17, 15) is 19.2 Å². The summed E-state index contributed by atoms with van der Waals surface area (Å²) in [5.41, 5.74) is 0.0359. The molecule has 1 aliphatic carbocycles.